The molecule has 0 aliphatic rings. The highest BCUT2D eigenvalue weighted by atomic mass is 127. The first-order chi connectivity index (χ1) is 9.15. The molecule has 0 fully saturated rings. The Kier molecular flexibility index (Phi) is 3.18. The van der Waals surface area contributed by atoms with Gasteiger partial charge >= 0.3 is 5.76 Å². The van der Waals surface area contributed by atoms with Crippen LogP contribution in [0.25, 0.3) is 11.1 Å². The van der Waals surface area contributed by atoms with Crippen LogP contribution in [0.3, 0.4) is 0 Å². The standard InChI is InChI=1S/C15H12INO2/c1-10-4-2-3-5-11(10)9-17-13-7-6-12(16)8-14(13)19-15(17)18/h2-8H,9H2,1H3. The number of fused-ring (bicyclic) bond motifs is 1. The zero-order valence-electron chi connectivity index (χ0n) is 10.4. The van der Waals surface area contributed by atoms with Crippen LogP contribution in [0.15, 0.2) is 51.7 Å². The maximum absolute atomic E-state index is 12.0. The largest absolute Gasteiger partial charge is 0.420 e. The fourth-order valence-electron chi connectivity index (χ4n) is 2.15. The third-order valence-electron chi connectivity index (χ3n) is 3.22. The minimum Gasteiger partial charge on any atom is -0.408 e. The molecule has 0 bridgehead atoms. The van der Waals surface area contributed by atoms with Gasteiger partial charge < -0.3 is 4.42 Å². The monoisotopic (exact) mass is 365 g/mol. The summed E-state index contributed by atoms with van der Waals surface area (Å²) in [6.07, 6.45) is 0. The van der Waals surface area contributed by atoms with Crippen LogP contribution in [-0.2, 0) is 6.54 Å². The van der Waals surface area contributed by atoms with Crippen LogP contribution in [0.5, 0.6) is 0 Å². The van der Waals surface area contributed by atoms with Gasteiger partial charge in [0.2, 0.25) is 0 Å². The molecule has 0 amide bonds. The van der Waals surface area contributed by atoms with E-state index in [4.69, 9.17) is 4.42 Å². The third kappa shape index (κ3) is 2.32. The molecule has 0 aliphatic carbocycles. The molecule has 0 saturated carbocycles. The number of halogens is 1. The average molecular weight is 365 g/mol. The number of nitrogens with zero attached hydrogens (tertiary/aromatic N) is 1. The summed E-state index contributed by atoms with van der Waals surface area (Å²) in [5.41, 5.74) is 3.79. The lowest BCUT2D eigenvalue weighted by Gasteiger charge is -2.05. The van der Waals surface area contributed by atoms with E-state index in [-0.39, 0.29) is 5.76 Å². The van der Waals surface area contributed by atoms with Crippen molar-refractivity contribution in [3.8, 4) is 0 Å². The number of rotatable bonds is 2. The van der Waals surface area contributed by atoms with E-state index in [1.54, 1.807) is 4.57 Å². The molecule has 3 nitrogen and oxygen atoms in total. The molecule has 2 aromatic carbocycles. The second-order valence-electron chi connectivity index (χ2n) is 4.49. The van der Waals surface area contributed by atoms with Crippen LogP contribution >= 0.6 is 22.6 Å². The van der Waals surface area contributed by atoms with Crippen molar-refractivity contribution in [1.29, 1.82) is 0 Å². The number of hydrogen-bond acceptors (Lipinski definition) is 2. The normalized spacial score (nSPS) is 11.1. The summed E-state index contributed by atoms with van der Waals surface area (Å²) in [5.74, 6) is -0.305. The Bertz CT molecular complexity index is 801. The maximum Gasteiger partial charge on any atom is 0.420 e. The Balaban J connectivity index is 2.13. The highest BCUT2D eigenvalue weighted by Gasteiger charge is 2.10. The van der Waals surface area contributed by atoms with Crippen molar-refractivity contribution in [2.45, 2.75) is 13.5 Å². The predicted molar refractivity (Wildman–Crippen MR) is 83.5 cm³/mol. The summed E-state index contributed by atoms with van der Waals surface area (Å²) in [5, 5.41) is 0. The van der Waals surface area contributed by atoms with E-state index in [2.05, 4.69) is 22.6 Å². The second kappa shape index (κ2) is 4.85. The molecule has 0 unspecified atom stereocenters. The van der Waals surface area contributed by atoms with Crippen LogP contribution in [0.1, 0.15) is 11.1 Å². The van der Waals surface area contributed by atoms with Crippen molar-refractivity contribution in [2.24, 2.45) is 0 Å². The molecule has 3 aromatic rings. The summed E-state index contributed by atoms with van der Waals surface area (Å²) in [7, 11) is 0. The minimum absolute atomic E-state index is 0.305. The maximum atomic E-state index is 12.0. The molecule has 0 saturated heterocycles. The first-order valence-electron chi connectivity index (χ1n) is 5.98. The molecule has 96 valence electrons. The van der Waals surface area contributed by atoms with Gasteiger partial charge in [-0.1, -0.05) is 24.3 Å². The topological polar surface area (TPSA) is 35.1 Å². The molecule has 0 N–H and O–H groups in total. The lowest BCUT2D eigenvalue weighted by molar-refractivity contribution is 0.517. The molecule has 19 heavy (non-hydrogen) atoms. The number of oxazole rings is 1. The lowest BCUT2D eigenvalue weighted by Crippen LogP contribution is -2.15. The quantitative estimate of drug-likeness (QED) is 0.651. The van der Waals surface area contributed by atoms with Gasteiger partial charge in [0.05, 0.1) is 12.1 Å². The predicted octanol–water partition coefficient (Wildman–Crippen LogP) is 3.56. The highest BCUT2D eigenvalue weighted by Crippen LogP contribution is 2.18. The van der Waals surface area contributed by atoms with E-state index >= 15 is 0 Å². The van der Waals surface area contributed by atoms with Crippen LogP contribution in [0.4, 0.5) is 0 Å². The Morgan fingerprint density at radius 3 is 2.79 bits per heavy atom. The molecule has 3 rings (SSSR count). The Morgan fingerprint density at radius 2 is 2.00 bits per heavy atom. The molecule has 1 heterocycles. The minimum atomic E-state index is -0.305. The lowest BCUT2D eigenvalue weighted by atomic mass is 10.1. The van der Waals surface area contributed by atoms with E-state index in [9.17, 15) is 4.79 Å². The van der Waals surface area contributed by atoms with E-state index in [1.165, 1.54) is 5.56 Å². The van der Waals surface area contributed by atoms with Crippen molar-refractivity contribution in [2.75, 3.05) is 0 Å². The van der Waals surface area contributed by atoms with Gasteiger partial charge in [0, 0.05) is 3.57 Å². The van der Waals surface area contributed by atoms with E-state index in [0.717, 1.165) is 14.7 Å². The molecule has 1 aromatic heterocycles. The smallest absolute Gasteiger partial charge is 0.408 e. The van der Waals surface area contributed by atoms with Gasteiger partial charge in [-0.2, -0.15) is 0 Å². The van der Waals surface area contributed by atoms with Crippen molar-refractivity contribution < 1.29 is 4.42 Å². The van der Waals surface area contributed by atoms with Gasteiger partial charge in [-0.25, -0.2) is 4.79 Å². The number of aryl methyl sites for hydroxylation is 1. The first kappa shape index (κ1) is 12.5. The summed E-state index contributed by atoms with van der Waals surface area (Å²) >= 11 is 2.21. The Labute approximate surface area is 124 Å². The molecule has 0 spiro atoms. The van der Waals surface area contributed by atoms with Crippen LogP contribution in [0.2, 0.25) is 0 Å². The summed E-state index contributed by atoms with van der Waals surface area (Å²) in [6, 6.07) is 13.9. The highest BCUT2D eigenvalue weighted by molar-refractivity contribution is 14.1. The van der Waals surface area contributed by atoms with Gasteiger partial charge in [-0.3, -0.25) is 4.57 Å². The zero-order chi connectivity index (χ0) is 13.4. The summed E-state index contributed by atoms with van der Waals surface area (Å²) in [4.78, 5) is 12.0. The fraction of sp³-hybridized carbons (Fsp3) is 0.133. The molecular formula is C15H12INO2. The Morgan fingerprint density at radius 1 is 1.21 bits per heavy atom. The van der Waals surface area contributed by atoms with Crippen LogP contribution in [0, 0.1) is 10.5 Å². The van der Waals surface area contributed by atoms with Gasteiger partial charge in [0.15, 0.2) is 5.58 Å². The number of benzene rings is 2. The zero-order valence-corrected chi connectivity index (χ0v) is 12.5. The van der Waals surface area contributed by atoms with Gasteiger partial charge in [0.1, 0.15) is 0 Å². The Hall–Kier alpha value is -1.56. The summed E-state index contributed by atoms with van der Waals surface area (Å²) < 4.78 is 8.03. The molecular weight excluding hydrogens is 353 g/mol. The third-order valence-corrected chi connectivity index (χ3v) is 3.89. The van der Waals surface area contributed by atoms with Crippen molar-refractivity contribution >= 4 is 33.7 Å². The summed E-state index contributed by atoms with van der Waals surface area (Å²) in [6.45, 7) is 2.59. The molecule has 0 atom stereocenters. The van der Waals surface area contributed by atoms with Crippen molar-refractivity contribution in [3.05, 3.63) is 67.7 Å². The van der Waals surface area contributed by atoms with Gasteiger partial charge in [-0.15, -0.1) is 0 Å². The first-order valence-corrected chi connectivity index (χ1v) is 7.06. The molecule has 0 aliphatic heterocycles. The van der Waals surface area contributed by atoms with E-state index in [1.807, 2.05) is 49.4 Å². The average Bonchev–Trinajstić information content (AvgIpc) is 2.68. The molecule has 4 heteroatoms. The number of aromatic nitrogens is 1. The van der Waals surface area contributed by atoms with Crippen molar-refractivity contribution in [1.82, 2.24) is 4.57 Å². The van der Waals surface area contributed by atoms with Crippen LogP contribution < -0.4 is 5.76 Å². The number of hydrogen-bond donors (Lipinski definition) is 0. The van der Waals surface area contributed by atoms with E-state index in [0.29, 0.717) is 12.1 Å². The fourth-order valence-corrected chi connectivity index (χ4v) is 2.61. The van der Waals surface area contributed by atoms with Crippen LogP contribution in [-0.4, -0.2) is 4.57 Å². The molecule has 0 radical (unpaired) electrons. The van der Waals surface area contributed by atoms with Crippen molar-refractivity contribution in [3.63, 3.8) is 0 Å². The SMILES string of the molecule is Cc1ccccc1Cn1c(=O)oc2cc(I)ccc21. The second-order valence-corrected chi connectivity index (χ2v) is 5.74. The van der Waals surface area contributed by atoms with Gasteiger partial charge in [-0.05, 0) is 58.8 Å². The van der Waals surface area contributed by atoms with E-state index < -0.39 is 0 Å². The van der Waals surface area contributed by atoms with Gasteiger partial charge in [0.25, 0.3) is 0 Å².